The van der Waals surface area contributed by atoms with Crippen molar-refractivity contribution in [3.63, 3.8) is 0 Å². The van der Waals surface area contributed by atoms with Crippen molar-refractivity contribution in [3.05, 3.63) is 39.5 Å². The molecule has 0 atom stereocenters. The minimum absolute atomic E-state index is 0.211. The quantitative estimate of drug-likeness (QED) is 0.653. The van der Waals surface area contributed by atoms with Gasteiger partial charge in [-0.05, 0) is 60.9 Å². The Morgan fingerprint density at radius 1 is 1.14 bits per heavy atom. The molecular weight excluding hydrogens is 314 g/mol. The number of nitrogen functional groups attached to an aromatic ring is 1. The predicted molar refractivity (Wildman–Crippen MR) is 93.7 cm³/mol. The van der Waals surface area contributed by atoms with E-state index < -0.39 is 0 Å². The van der Waals surface area contributed by atoms with Gasteiger partial charge in [0.1, 0.15) is 10.6 Å². The van der Waals surface area contributed by atoms with Gasteiger partial charge in [0, 0.05) is 10.4 Å². The van der Waals surface area contributed by atoms with Gasteiger partial charge in [-0.2, -0.15) is 0 Å². The van der Waals surface area contributed by atoms with Crippen molar-refractivity contribution in [2.45, 2.75) is 32.6 Å². The van der Waals surface area contributed by atoms with Crippen molar-refractivity contribution in [2.75, 3.05) is 5.73 Å². The summed E-state index contributed by atoms with van der Waals surface area (Å²) in [5, 5.41) is 1.14. The summed E-state index contributed by atoms with van der Waals surface area (Å²) in [5.41, 5.74) is 11.4. The molecule has 0 aliphatic heterocycles. The maximum atomic E-state index is 6.12. The first kappa shape index (κ1) is 14.0. The second-order valence-electron chi connectivity index (χ2n) is 5.78. The van der Waals surface area contributed by atoms with Crippen LogP contribution in [0.15, 0.2) is 18.2 Å². The van der Waals surface area contributed by atoms with Crippen LogP contribution in [0.25, 0.3) is 21.3 Å². The van der Waals surface area contributed by atoms with E-state index >= 15 is 0 Å². The molecule has 1 aromatic carbocycles. The number of benzene rings is 1. The number of hydrogen-bond acceptors (Lipinski definition) is 4. The lowest BCUT2D eigenvalue weighted by Crippen LogP contribution is -2.02. The van der Waals surface area contributed by atoms with Crippen molar-refractivity contribution in [3.8, 4) is 11.1 Å². The lowest BCUT2D eigenvalue weighted by molar-refractivity contribution is 0.686. The van der Waals surface area contributed by atoms with Gasteiger partial charge in [-0.1, -0.05) is 18.2 Å². The molecule has 0 amide bonds. The molecule has 0 bridgehead atoms. The van der Waals surface area contributed by atoms with Crippen LogP contribution >= 0.6 is 22.9 Å². The van der Waals surface area contributed by atoms with Crippen LogP contribution in [0.3, 0.4) is 0 Å². The Hall–Kier alpha value is -1.65. The molecule has 2 aromatic heterocycles. The zero-order valence-corrected chi connectivity index (χ0v) is 13.9. The fourth-order valence-corrected chi connectivity index (χ4v) is 4.63. The molecule has 0 radical (unpaired) electrons. The van der Waals surface area contributed by atoms with Crippen molar-refractivity contribution in [2.24, 2.45) is 0 Å². The number of rotatable bonds is 1. The van der Waals surface area contributed by atoms with Crippen molar-refractivity contribution in [1.29, 1.82) is 0 Å². The molecule has 22 heavy (non-hydrogen) atoms. The number of nitrogens with zero attached hydrogens (tertiary/aromatic N) is 2. The lowest BCUT2D eigenvalue weighted by atomic mass is 9.89. The molecule has 4 rings (SSSR count). The Kier molecular flexibility index (Phi) is 3.31. The van der Waals surface area contributed by atoms with E-state index in [0.717, 1.165) is 15.8 Å². The summed E-state index contributed by atoms with van der Waals surface area (Å²) in [4.78, 5) is 10.5. The van der Waals surface area contributed by atoms with Crippen LogP contribution in [0, 0.1) is 6.92 Å². The first-order valence-electron chi connectivity index (χ1n) is 7.48. The van der Waals surface area contributed by atoms with E-state index in [1.165, 1.54) is 47.3 Å². The third-order valence-corrected chi connectivity index (χ3v) is 5.53. The standard InChI is InChI=1S/C17H16ClN3S/c1-9-13(14-15(19)20-17(18)21-16(14)22-9)12-7-6-10-4-2-3-5-11(10)8-12/h6-8H,2-5H2,1H3,(H2,19,20,21). The average Bonchev–Trinajstić information content (AvgIpc) is 2.83. The fraction of sp³-hybridized carbons (Fsp3) is 0.294. The molecule has 0 spiro atoms. The van der Waals surface area contributed by atoms with Crippen LogP contribution in [0.1, 0.15) is 28.8 Å². The van der Waals surface area contributed by atoms with Crippen molar-refractivity contribution in [1.82, 2.24) is 9.97 Å². The minimum atomic E-state index is 0.211. The van der Waals surface area contributed by atoms with Gasteiger partial charge in [0.2, 0.25) is 5.28 Å². The Balaban J connectivity index is 1.96. The largest absolute Gasteiger partial charge is 0.383 e. The highest BCUT2D eigenvalue weighted by Gasteiger charge is 2.18. The molecular formula is C17H16ClN3S. The van der Waals surface area contributed by atoms with Gasteiger partial charge in [0.25, 0.3) is 0 Å². The maximum absolute atomic E-state index is 6.12. The third-order valence-electron chi connectivity index (χ3n) is 4.37. The molecule has 3 nitrogen and oxygen atoms in total. The second-order valence-corrected chi connectivity index (χ2v) is 7.32. The Bertz CT molecular complexity index is 885. The van der Waals surface area contributed by atoms with E-state index in [1.54, 1.807) is 11.3 Å². The molecule has 0 saturated heterocycles. The van der Waals surface area contributed by atoms with Crippen molar-refractivity contribution >= 4 is 39.0 Å². The molecule has 0 saturated carbocycles. The maximum Gasteiger partial charge on any atom is 0.225 e. The summed E-state index contributed by atoms with van der Waals surface area (Å²) in [5.74, 6) is 0.465. The molecule has 0 unspecified atom stereocenters. The monoisotopic (exact) mass is 329 g/mol. The number of anilines is 1. The van der Waals surface area contributed by atoms with Crippen LogP contribution in [0.2, 0.25) is 5.28 Å². The predicted octanol–water partition coefficient (Wildman–Crippen LogP) is 4.78. The fourth-order valence-electron chi connectivity index (χ4n) is 3.35. The molecule has 2 heterocycles. The van der Waals surface area contributed by atoms with Gasteiger partial charge >= 0.3 is 0 Å². The topological polar surface area (TPSA) is 51.8 Å². The summed E-state index contributed by atoms with van der Waals surface area (Å²) in [6.45, 7) is 2.11. The van der Waals surface area contributed by atoms with Crippen molar-refractivity contribution < 1.29 is 0 Å². The van der Waals surface area contributed by atoms with E-state index in [9.17, 15) is 0 Å². The zero-order chi connectivity index (χ0) is 15.3. The normalized spacial score (nSPS) is 14.3. The van der Waals surface area contributed by atoms with E-state index in [0.29, 0.717) is 5.82 Å². The number of thiophene rings is 1. The summed E-state index contributed by atoms with van der Waals surface area (Å²) in [6, 6.07) is 6.78. The van der Waals surface area contributed by atoms with E-state index in [-0.39, 0.29) is 5.28 Å². The Morgan fingerprint density at radius 2 is 1.91 bits per heavy atom. The van der Waals surface area contributed by atoms with Gasteiger partial charge in [-0.25, -0.2) is 9.97 Å². The van der Waals surface area contributed by atoms with E-state index in [2.05, 4.69) is 35.1 Å². The van der Waals surface area contributed by atoms with Crippen LogP contribution in [-0.4, -0.2) is 9.97 Å². The molecule has 3 aromatic rings. The molecule has 5 heteroatoms. The van der Waals surface area contributed by atoms with Gasteiger partial charge < -0.3 is 5.73 Å². The van der Waals surface area contributed by atoms with Gasteiger partial charge in [0.05, 0.1) is 5.39 Å². The SMILES string of the molecule is Cc1sc2nc(Cl)nc(N)c2c1-c1ccc2c(c1)CCCC2. The van der Waals surface area contributed by atoms with Crippen LogP contribution in [0.5, 0.6) is 0 Å². The summed E-state index contributed by atoms with van der Waals surface area (Å²) in [6.07, 6.45) is 4.94. The van der Waals surface area contributed by atoms with E-state index in [4.69, 9.17) is 17.3 Å². The Labute approximate surface area is 138 Å². The smallest absolute Gasteiger partial charge is 0.225 e. The summed E-state index contributed by atoms with van der Waals surface area (Å²) >= 11 is 7.55. The number of hydrogen-bond donors (Lipinski definition) is 1. The first-order chi connectivity index (χ1) is 10.6. The zero-order valence-electron chi connectivity index (χ0n) is 12.3. The molecule has 1 aliphatic rings. The molecule has 112 valence electrons. The number of nitrogens with two attached hydrogens (primary N) is 1. The number of aryl methyl sites for hydroxylation is 3. The summed E-state index contributed by atoms with van der Waals surface area (Å²) < 4.78 is 0. The van der Waals surface area contributed by atoms with Crippen LogP contribution in [0.4, 0.5) is 5.82 Å². The molecule has 1 aliphatic carbocycles. The number of aromatic nitrogens is 2. The average molecular weight is 330 g/mol. The lowest BCUT2D eigenvalue weighted by Gasteiger charge is -2.17. The first-order valence-corrected chi connectivity index (χ1v) is 8.67. The Morgan fingerprint density at radius 3 is 2.73 bits per heavy atom. The van der Waals surface area contributed by atoms with Crippen LogP contribution in [-0.2, 0) is 12.8 Å². The highest BCUT2D eigenvalue weighted by atomic mass is 35.5. The number of halogens is 1. The van der Waals surface area contributed by atoms with Gasteiger partial charge in [-0.15, -0.1) is 11.3 Å². The third kappa shape index (κ3) is 2.18. The highest BCUT2D eigenvalue weighted by Crippen LogP contribution is 2.41. The molecule has 0 fully saturated rings. The van der Waals surface area contributed by atoms with Crippen LogP contribution < -0.4 is 5.73 Å². The highest BCUT2D eigenvalue weighted by molar-refractivity contribution is 7.19. The minimum Gasteiger partial charge on any atom is -0.383 e. The second kappa shape index (κ2) is 5.21. The summed E-state index contributed by atoms with van der Waals surface area (Å²) in [7, 11) is 0. The number of fused-ring (bicyclic) bond motifs is 2. The van der Waals surface area contributed by atoms with Gasteiger partial charge in [0.15, 0.2) is 0 Å². The molecule has 2 N–H and O–H groups in total. The van der Waals surface area contributed by atoms with Gasteiger partial charge in [-0.3, -0.25) is 0 Å². The van der Waals surface area contributed by atoms with E-state index in [1.807, 2.05) is 0 Å².